The van der Waals surface area contributed by atoms with Crippen molar-refractivity contribution in [1.82, 2.24) is 4.90 Å². The van der Waals surface area contributed by atoms with Gasteiger partial charge in [0.1, 0.15) is 6.61 Å². The Kier molecular flexibility index (Phi) is 3.72. The van der Waals surface area contributed by atoms with E-state index in [0.29, 0.717) is 18.4 Å². The van der Waals surface area contributed by atoms with Crippen molar-refractivity contribution in [3.8, 4) is 0 Å². The van der Waals surface area contributed by atoms with E-state index in [2.05, 4.69) is 12.6 Å². The molecular formula is C12H15NO2S. The van der Waals surface area contributed by atoms with Gasteiger partial charge in [-0.2, -0.15) is 12.6 Å². The molecule has 0 N–H and O–H groups in total. The van der Waals surface area contributed by atoms with Crippen LogP contribution in [0.3, 0.4) is 0 Å². The van der Waals surface area contributed by atoms with Crippen LogP contribution >= 0.6 is 12.6 Å². The minimum Gasteiger partial charge on any atom is -0.445 e. The summed E-state index contributed by atoms with van der Waals surface area (Å²) in [5, 5.41) is 0.296. The second-order valence-electron chi connectivity index (χ2n) is 3.93. The second-order valence-corrected chi connectivity index (χ2v) is 4.66. The van der Waals surface area contributed by atoms with Crippen LogP contribution in [-0.4, -0.2) is 29.3 Å². The number of benzene rings is 1. The third-order valence-corrected chi connectivity index (χ3v) is 3.05. The summed E-state index contributed by atoms with van der Waals surface area (Å²) in [7, 11) is 0. The molecule has 1 heterocycles. The first kappa shape index (κ1) is 11.3. The number of carbonyl (C=O) groups excluding carboxylic acids is 1. The summed E-state index contributed by atoms with van der Waals surface area (Å²) in [4.78, 5) is 13.3. The first-order valence-electron chi connectivity index (χ1n) is 5.39. The Balaban J connectivity index is 1.80. The average Bonchev–Trinajstić information content (AvgIpc) is 2.74. The Labute approximate surface area is 101 Å². The van der Waals surface area contributed by atoms with Crippen LogP contribution in [-0.2, 0) is 11.3 Å². The van der Waals surface area contributed by atoms with Gasteiger partial charge in [0.2, 0.25) is 0 Å². The van der Waals surface area contributed by atoms with Crippen LogP contribution < -0.4 is 0 Å². The highest BCUT2D eigenvalue weighted by Gasteiger charge is 2.24. The summed E-state index contributed by atoms with van der Waals surface area (Å²) in [5.74, 6) is 0. The van der Waals surface area contributed by atoms with Crippen LogP contribution in [0.2, 0.25) is 0 Å². The maximum absolute atomic E-state index is 11.6. The van der Waals surface area contributed by atoms with Crippen LogP contribution in [0.1, 0.15) is 12.0 Å². The first-order valence-corrected chi connectivity index (χ1v) is 5.91. The average molecular weight is 237 g/mol. The van der Waals surface area contributed by atoms with E-state index in [1.807, 2.05) is 30.3 Å². The Hall–Kier alpha value is -1.16. The molecule has 0 aliphatic carbocycles. The van der Waals surface area contributed by atoms with E-state index in [9.17, 15) is 4.79 Å². The molecule has 1 aliphatic heterocycles. The molecule has 0 bridgehead atoms. The molecule has 3 nitrogen and oxygen atoms in total. The fourth-order valence-corrected chi connectivity index (χ4v) is 2.03. The van der Waals surface area contributed by atoms with Gasteiger partial charge in [-0.05, 0) is 12.0 Å². The van der Waals surface area contributed by atoms with Gasteiger partial charge in [-0.15, -0.1) is 0 Å². The van der Waals surface area contributed by atoms with Crippen molar-refractivity contribution in [1.29, 1.82) is 0 Å². The molecule has 1 aliphatic rings. The largest absolute Gasteiger partial charge is 0.445 e. The molecule has 0 radical (unpaired) electrons. The standard InChI is InChI=1S/C12H15NO2S/c14-12(13-7-6-11(16)8-13)15-9-10-4-2-1-3-5-10/h1-5,11,16H,6-9H2/t11-/m0/s1. The highest BCUT2D eigenvalue weighted by atomic mass is 32.1. The van der Waals surface area contributed by atoms with Gasteiger partial charge in [0.25, 0.3) is 0 Å². The quantitative estimate of drug-likeness (QED) is 0.800. The molecule has 4 heteroatoms. The topological polar surface area (TPSA) is 29.5 Å². The van der Waals surface area contributed by atoms with Crippen molar-refractivity contribution < 1.29 is 9.53 Å². The summed E-state index contributed by atoms with van der Waals surface area (Å²) in [6, 6.07) is 9.69. The van der Waals surface area contributed by atoms with Gasteiger partial charge in [0.05, 0.1) is 0 Å². The monoisotopic (exact) mass is 237 g/mol. The number of thiol groups is 1. The summed E-state index contributed by atoms with van der Waals surface area (Å²) >= 11 is 4.33. The summed E-state index contributed by atoms with van der Waals surface area (Å²) in [5.41, 5.74) is 1.01. The number of carbonyl (C=O) groups is 1. The number of hydrogen-bond acceptors (Lipinski definition) is 3. The molecule has 16 heavy (non-hydrogen) atoms. The van der Waals surface area contributed by atoms with Crippen LogP contribution in [0.5, 0.6) is 0 Å². The lowest BCUT2D eigenvalue weighted by Gasteiger charge is -2.15. The van der Waals surface area contributed by atoms with Crippen molar-refractivity contribution in [2.75, 3.05) is 13.1 Å². The van der Waals surface area contributed by atoms with Crippen LogP contribution in [0.4, 0.5) is 4.79 Å². The van der Waals surface area contributed by atoms with Crippen molar-refractivity contribution in [2.24, 2.45) is 0 Å². The Morgan fingerprint density at radius 3 is 2.81 bits per heavy atom. The SMILES string of the molecule is O=C(OCc1ccccc1)N1CC[C@H](S)C1. The molecule has 1 fully saturated rings. The fourth-order valence-electron chi connectivity index (χ4n) is 1.72. The molecule has 1 aromatic carbocycles. The van der Waals surface area contributed by atoms with E-state index in [0.717, 1.165) is 18.5 Å². The third-order valence-electron chi connectivity index (χ3n) is 2.63. The maximum atomic E-state index is 11.6. The number of amides is 1. The van der Waals surface area contributed by atoms with E-state index in [4.69, 9.17) is 4.74 Å². The third kappa shape index (κ3) is 2.92. The van der Waals surface area contributed by atoms with Crippen molar-refractivity contribution >= 4 is 18.7 Å². The molecular weight excluding hydrogens is 222 g/mol. The smallest absolute Gasteiger partial charge is 0.410 e. The number of hydrogen-bond donors (Lipinski definition) is 1. The zero-order valence-corrected chi connectivity index (χ0v) is 9.90. The summed E-state index contributed by atoms with van der Waals surface area (Å²) in [6.07, 6.45) is 0.712. The number of rotatable bonds is 2. The molecule has 2 rings (SSSR count). The summed E-state index contributed by atoms with van der Waals surface area (Å²) in [6.45, 7) is 1.78. The first-order chi connectivity index (χ1) is 7.75. The fraction of sp³-hybridized carbons (Fsp3) is 0.417. The normalized spacial score (nSPS) is 19.8. The number of ether oxygens (including phenoxy) is 1. The number of likely N-dealkylation sites (tertiary alicyclic amines) is 1. The lowest BCUT2D eigenvalue weighted by Crippen LogP contribution is -2.29. The molecule has 1 aromatic rings. The van der Waals surface area contributed by atoms with E-state index in [1.54, 1.807) is 4.90 Å². The zero-order chi connectivity index (χ0) is 11.4. The van der Waals surface area contributed by atoms with Crippen LogP contribution in [0, 0.1) is 0 Å². The molecule has 0 aromatic heterocycles. The van der Waals surface area contributed by atoms with Gasteiger partial charge in [-0.3, -0.25) is 0 Å². The van der Waals surface area contributed by atoms with Gasteiger partial charge in [-0.1, -0.05) is 30.3 Å². The van der Waals surface area contributed by atoms with Crippen LogP contribution in [0.15, 0.2) is 30.3 Å². The zero-order valence-electron chi connectivity index (χ0n) is 9.00. The molecule has 1 amide bonds. The van der Waals surface area contributed by atoms with E-state index >= 15 is 0 Å². The van der Waals surface area contributed by atoms with E-state index in [1.165, 1.54) is 0 Å². The van der Waals surface area contributed by atoms with Crippen molar-refractivity contribution in [3.63, 3.8) is 0 Å². The van der Waals surface area contributed by atoms with Gasteiger partial charge in [0, 0.05) is 18.3 Å². The predicted octanol–water partition coefficient (Wildman–Crippen LogP) is 2.33. The lowest BCUT2D eigenvalue weighted by atomic mass is 10.2. The molecule has 0 unspecified atom stereocenters. The van der Waals surface area contributed by atoms with Crippen LogP contribution in [0.25, 0.3) is 0 Å². The lowest BCUT2D eigenvalue weighted by molar-refractivity contribution is 0.104. The molecule has 1 saturated heterocycles. The van der Waals surface area contributed by atoms with Crippen molar-refractivity contribution in [2.45, 2.75) is 18.3 Å². The summed E-state index contributed by atoms with van der Waals surface area (Å²) < 4.78 is 5.21. The van der Waals surface area contributed by atoms with E-state index < -0.39 is 0 Å². The van der Waals surface area contributed by atoms with Gasteiger partial charge in [-0.25, -0.2) is 4.79 Å². The van der Waals surface area contributed by atoms with Gasteiger partial charge >= 0.3 is 6.09 Å². The minimum absolute atomic E-state index is 0.236. The van der Waals surface area contributed by atoms with Gasteiger partial charge in [0.15, 0.2) is 0 Å². The number of nitrogens with zero attached hydrogens (tertiary/aromatic N) is 1. The molecule has 1 atom stereocenters. The Morgan fingerprint density at radius 1 is 1.44 bits per heavy atom. The predicted molar refractivity (Wildman–Crippen MR) is 65.6 cm³/mol. The van der Waals surface area contributed by atoms with Gasteiger partial charge < -0.3 is 9.64 Å². The highest BCUT2D eigenvalue weighted by molar-refractivity contribution is 7.81. The minimum atomic E-state index is -0.236. The van der Waals surface area contributed by atoms with Crippen molar-refractivity contribution in [3.05, 3.63) is 35.9 Å². The molecule has 0 saturated carbocycles. The second kappa shape index (κ2) is 5.25. The van der Waals surface area contributed by atoms with E-state index in [-0.39, 0.29) is 6.09 Å². The molecule has 0 spiro atoms. The Morgan fingerprint density at radius 2 is 2.19 bits per heavy atom. The maximum Gasteiger partial charge on any atom is 0.410 e. The highest BCUT2D eigenvalue weighted by Crippen LogP contribution is 2.15. The molecule has 86 valence electrons. The Bertz CT molecular complexity index is 355.